The Morgan fingerprint density at radius 2 is 0.540 bits per heavy atom. The largest absolute Gasteiger partial charge is 0.756 e. The number of quaternary nitrogens is 1. The standard InChI is InChI=1S/C90H174NO8P/c1-6-8-10-12-14-16-18-20-22-24-26-28-30-32-34-36-38-40-42-44-45-47-49-51-53-55-57-59-61-63-65-67-69-71-73-75-77-79-81-83-90(93)99-88(87-98-100(94,95)97-85-84-91(3,4)5)86-96-89(92)82-80-78-76-74-72-70-68-66-64-62-60-58-56-54-52-50-48-46-43-41-39-37-35-33-31-29-27-25-23-21-19-17-15-13-11-9-7-2/h18,20,24,26,30,32,88H,6-17,19,21-23,25,27-29,31,33-87H2,1-5H3/b20-18-,26-24-,32-30-. The van der Waals surface area contributed by atoms with Gasteiger partial charge in [0.25, 0.3) is 7.82 Å². The number of rotatable bonds is 85. The number of likely N-dealkylation sites (N-methyl/N-ethyl adjacent to an activating group) is 1. The summed E-state index contributed by atoms with van der Waals surface area (Å²) < 4.78 is 34.5. The number of hydrogen-bond donors (Lipinski definition) is 0. The van der Waals surface area contributed by atoms with Gasteiger partial charge in [-0.2, -0.15) is 0 Å². The molecule has 0 aliphatic rings. The highest BCUT2D eigenvalue weighted by atomic mass is 31.2. The van der Waals surface area contributed by atoms with Crippen LogP contribution in [0.25, 0.3) is 0 Å². The number of esters is 2. The van der Waals surface area contributed by atoms with Crippen molar-refractivity contribution < 1.29 is 42.1 Å². The molecule has 0 fully saturated rings. The second-order valence-electron chi connectivity index (χ2n) is 32.0. The first-order valence-corrected chi connectivity index (χ1v) is 46.2. The van der Waals surface area contributed by atoms with Gasteiger partial charge in [-0.15, -0.1) is 0 Å². The van der Waals surface area contributed by atoms with Gasteiger partial charge in [-0.1, -0.05) is 448 Å². The molecular weight excluding hydrogens is 1250 g/mol. The Bertz CT molecular complexity index is 1780. The molecular formula is C90H174NO8P. The number of phosphoric acid groups is 1. The van der Waals surface area contributed by atoms with Gasteiger partial charge >= 0.3 is 11.9 Å². The number of ether oxygens (including phenoxy) is 2. The molecule has 0 radical (unpaired) electrons. The fraction of sp³-hybridized carbons (Fsp3) is 0.911. The molecule has 0 aromatic carbocycles. The lowest BCUT2D eigenvalue weighted by Gasteiger charge is -2.28. The maximum Gasteiger partial charge on any atom is 0.306 e. The van der Waals surface area contributed by atoms with Crippen molar-refractivity contribution in [1.29, 1.82) is 0 Å². The predicted molar refractivity (Wildman–Crippen MR) is 434 cm³/mol. The maximum atomic E-state index is 12.9. The summed E-state index contributed by atoms with van der Waals surface area (Å²) >= 11 is 0. The first kappa shape index (κ1) is 98.2. The van der Waals surface area contributed by atoms with Crippen LogP contribution in [0.15, 0.2) is 36.5 Å². The van der Waals surface area contributed by atoms with Crippen LogP contribution in [-0.2, 0) is 32.7 Å². The third-order valence-corrected chi connectivity index (χ3v) is 21.6. The van der Waals surface area contributed by atoms with Crippen molar-refractivity contribution in [3.8, 4) is 0 Å². The molecule has 0 saturated carbocycles. The van der Waals surface area contributed by atoms with E-state index in [-0.39, 0.29) is 32.0 Å². The van der Waals surface area contributed by atoms with Gasteiger partial charge in [-0.3, -0.25) is 14.2 Å². The van der Waals surface area contributed by atoms with Crippen LogP contribution >= 0.6 is 7.82 Å². The smallest absolute Gasteiger partial charge is 0.306 e. The van der Waals surface area contributed by atoms with E-state index in [9.17, 15) is 19.0 Å². The third-order valence-electron chi connectivity index (χ3n) is 20.7. The molecule has 100 heavy (non-hydrogen) atoms. The zero-order valence-corrected chi connectivity index (χ0v) is 68.8. The van der Waals surface area contributed by atoms with Crippen molar-refractivity contribution in [2.24, 2.45) is 0 Å². The van der Waals surface area contributed by atoms with E-state index >= 15 is 0 Å². The summed E-state index contributed by atoms with van der Waals surface area (Å²) in [7, 11) is 1.20. The number of carbonyl (C=O) groups excluding carboxylic acids is 2. The van der Waals surface area contributed by atoms with E-state index < -0.39 is 26.5 Å². The molecule has 0 N–H and O–H groups in total. The Kier molecular flexibility index (Phi) is 79.9. The number of carbonyl (C=O) groups is 2. The van der Waals surface area contributed by atoms with Gasteiger partial charge in [0.05, 0.1) is 27.7 Å². The zero-order chi connectivity index (χ0) is 72.5. The van der Waals surface area contributed by atoms with Gasteiger partial charge in [0.15, 0.2) is 6.10 Å². The maximum absolute atomic E-state index is 12.9. The molecule has 0 saturated heterocycles. The van der Waals surface area contributed by atoms with Gasteiger partial charge in [-0.25, -0.2) is 0 Å². The Balaban J connectivity index is 3.84. The fourth-order valence-corrected chi connectivity index (χ4v) is 14.6. The third kappa shape index (κ3) is 85.2. The molecule has 0 bridgehead atoms. The number of unbranched alkanes of at least 4 members (excludes halogenated alkanes) is 65. The Morgan fingerprint density at radius 3 is 0.800 bits per heavy atom. The molecule has 0 aromatic rings. The van der Waals surface area contributed by atoms with Crippen LogP contribution in [0, 0.1) is 0 Å². The van der Waals surface area contributed by atoms with Crippen molar-refractivity contribution in [2.75, 3.05) is 47.5 Å². The molecule has 2 atom stereocenters. The minimum atomic E-state index is -4.64. The summed E-state index contributed by atoms with van der Waals surface area (Å²) in [5.41, 5.74) is 0. The summed E-state index contributed by atoms with van der Waals surface area (Å²) in [6, 6.07) is 0. The van der Waals surface area contributed by atoms with Gasteiger partial charge in [0.1, 0.15) is 19.8 Å². The fourth-order valence-electron chi connectivity index (χ4n) is 13.9. The normalized spacial score (nSPS) is 13.1. The van der Waals surface area contributed by atoms with E-state index in [1.165, 1.54) is 398 Å². The molecule has 0 amide bonds. The summed E-state index contributed by atoms with van der Waals surface area (Å²) in [5, 5.41) is 0. The van der Waals surface area contributed by atoms with E-state index in [2.05, 4.69) is 50.3 Å². The van der Waals surface area contributed by atoms with Crippen LogP contribution in [0.4, 0.5) is 0 Å². The first-order valence-electron chi connectivity index (χ1n) is 44.7. The molecule has 0 aliphatic carbocycles. The van der Waals surface area contributed by atoms with Gasteiger partial charge in [0.2, 0.25) is 0 Å². The Hall–Kier alpha value is -1.77. The summed E-state index contributed by atoms with van der Waals surface area (Å²) in [6.45, 7) is 4.32. The van der Waals surface area contributed by atoms with Crippen molar-refractivity contribution in [1.82, 2.24) is 0 Å². The highest BCUT2D eigenvalue weighted by Gasteiger charge is 2.22. The average molecular weight is 1430 g/mol. The molecule has 592 valence electrons. The van der Waals surface area contributed by atoms with E-state index in [1.807, 2.05) is 21.1 Å². The van der Waals surface area contributed by atoms with Crippen LogP contribution in [0.5, 0.6) is 0 Å². The predicted octanol–water partition coefficient (Wildman–Crippen LogP) is 29.4. The topological polar surface area (TPSA) is 111 Å². The van der Waals surface area contributed by atoms with Crippen molar-refractivity contribution in [2.45, 2.75) is 482 Å². The quantitative estimate of drug-likeness (QED) is 0.0195. The molecule has 10 heteroatoms. The second-order valence-corrected chi connectivity index (χ2v) is 33.4. The number of hydrogen-bond acceptors (Lipinski definition) is 8. The molecule has 0 aromatic heterocycles. The van der Waals surface area contributed by atoms with Gasteiger partial charge in [-0.05, 0) is 51.4 Å². The number of allylic oxidation sites excluding steroid dienone is 6. The monoisotopic (exact) mass is 1430 g/mol. The molecule has 0 spiro atoms. The van der Waals surface area contributed by atoms with Crippen LogP contribution in [0.3, 0.4) is 0 Å². The lowest BCUT2D eigenvalue weighted by Crippen LogP contribution is -2.37. The minimum Gasteiger partial charge on any atom is -0.756 e. The van der Waals surface area contributed by atoms with Crippen molar-refractivity contribution >= 4 is 19.8 Å². The summed E-state index contributed by atoms with van der Waals surface area (Å²) in [5.74, 6) is -0.803. The lowest BCUT2D eigenvalue weighted by atomic mass is 10.0. The van der Waals surface area contributed by atoms with E-state index in [0.29, 0.717) is 17.4 Å². The van der Waals surface area contributed by atoms with Crippen LogP contribution < -0.4 is 4.89 Å². The molecule has 2 unspecified atom stereocenters. The minimum absolute atomic E-state index is 0.0266. The number of phosphoric ester groups is 1. The van der Waals surface area contributed by atoms with Crippen LogP contribution in [0.2, 0.25) is 0 Å². The summed E-state index contributed by atoms with van der Waals surface area (Å²) in [4.78, 5) is 38.3. The van der Waals surface area contributed by atoms with Gasteiger partial charge < -0.3 is 27.9 Å². The summed E-state index contributed by atoms with van der Waals surface area (Å²) in [6.07, 6.45) is 108. The molecule has 0 rings (SSSR count). The molecule has 0 heterocycles. The lowest BCUT2D eigenvalue weighted by molar-refractivity contribution is -0.870. The van der Waals surface area contributed by atoms with Crippen LogP contribution in [0.1, 0.15) is 476 Å². The van der Waals surface area contributed by atoms with E-state index in [1.54, 1.807) is 0 Å². The average Bonchev–Trinajstić information content (AvgIpc) is 1.07. The highest BCUT2D eigenvalue weighted by Crippen LogP contribution is 2.38. The second kappa shape index (κ2) is 81.3. The highest BCUT2D eigenvalue weighted by molar-refractivity contribution is 7.45. The first-order chi connectivity index (χ1) is 49.0. The van der Waals surface area contributed by atoms with Crippen molar-refractivity contribution in [3.05, 3.63) is 36.5 Å². The van der Waals surface area contributed by atoms with E-state index in [4.69, 9.17) is 18.5 Å². The van der Waals surface area contributed by atoms with Crippen molar-refractivity contribution in [3.63, 3.8) is 0 Å². The Labute approximate surface area is 624 Å². The van der Waals surface area contributed by atoms with Crippen LogP contribution in [-0.4, -0.2) is 70.0 Å². The van der Waals surface area contributed by atoms with Gasteiger partial charge in [0, 0.05) is 12.8 Å². The number of nitrogens with zero attached hydrogens (tertiary/aromatic N) is 1. The van der Waals surface area contributed by atoms with E-state index in [0.717, 1.165) is 44.9 Å². The Morgan fingerprint density at radius 1 is 0.310 bits per heavy atom. The molecule has 0 aliphatic heterocycles. The molecule has 9 nitrogen and oxygen atoms in total. The zero-order valence-electron chi connectivity index (χ0n) is 67.9. The SMILES string of the molecule is CCCCCCC/C=C\C/C=C\C/C=C\CCCCCCCCCCCCCCCCCCCCCCCCCCC(=O)OC(COC(=O)CCCCCCCCCCCCCCCCCCCCCCCCCCCCCCCCCCCCCCC)COP(=O)([O-])OCC[N+](C)(C)C.